The number of aliphatic hydroxyl groups excluding tert-OH is 1. The van der Waals surface area contributed by atoms with Crippen LogP contribution in [0.2, 0.25) is 0 Å². The Kier molecular flexibility index (Phi) is 4.46. The van der Waals surface area contributed by atoms with Gasteiger partial charge < -0.3 is 19.9 Å². The van der Waals surface area contributed by atoms with E-state index >= 15 is 0 Å². The van der Waals surface area contributed by atoms with Crippen LogP contribution < -0.4 is 5.32 Å². The first kappa shape index (κ1) is 16.0. The van der Waals surface area contributed by atoms with E-state index in [4.69, 9.17) is 0 Å². The van der Waals surface area contributed by atoms with Gasteiger partial charge in [-0.15, -0.1) is 0 Å². The number of fused-ring (bicyclic) bond motifs is 1. The topological polar surface area (TPSA) is 102 Å². The number of hydrogen-bond acceptors (Lipinski definition) is 6. The van der Waals surface area contributed by atoms with Crippen LogP contribution in [0, 0.1) is 5.92 Å². The Balaban J connectivity index is 2.68. The monoisotopic (exact) mass is 307 g/mol. The number of carbonyl (C=O) groups is 3. The van der Waals surface area contributed by atoms with Gasteiger partial charge in [-0.05, 0) is 18.1 Å². The molecule has 1 aliphatic rings. The van der Waals surface area contributed by atoms with Gasteiger partial charge in [0, 0.05) is 12.3 Å². The fourth-order valence-electron chi connectivity index (χ4n) is 2.93. The molecule has 7 nitrogen and oxygen atoms in total. The third-order valence-corrected chi connectivity index (χ3v) is 3.93. The molecule has 7 heteroatoms. The van der Waals surface area contributed by atoms with Gasteiger partial charge in [-0.1, -0.05) is 18.2 Å². The van der Waals surface area contributed by atoms with Crippen molar-refractivity contribution in [2.75, 3.05) is 26.1 Å². The molecule has 1 amide bonds. The van der Waals surface area contributed by atoms with Crippen molar-refractivity contribution in [1.82, 2.24) is 0 Å². The number of rotatable bonds is 5. The molecule has 2 N–H and O–H groups in total. The van der Waals surface area contributed by atoms with Gasteiger partial charge in [0.25, 0.3) is 0 Å². The van der Waals surface area contributed by atoms with Gasteiger partial charge in [-0.2, -0.15) is 0 Å². The van der Waals surface area contributed by atoms with E-state index in [1.165, 1.54) is 0 Å². The largest absolute Gasteiger partial charge is 0.468 e. The summed E-state index contributed by atoms with van der Waals surface area (Å²) >= 11 is 0. The second-order valence-electron chi connectivity index (χ2n) is 4.92. The molecule has 0 radical (unpaired) electrons. The highest BCUT2D eigenvalue weighted by Crippen LogP contribution is 2.46. The first-order valence-corrected chi connectivity index (χ1v) is 6.70. The van der Waals surface area contributed by atoms with Crippen LogP contribution in [0.4, 0.5) is 5.69 Å². The average Bonchev–Trinajstić information content (AvgIpc) is 2.80. The van der Waals surface area contributed by atoms with Gasteiger partial charge in [0.15, 0.2) is 5.92 Å². The number of benzene rings is 1. The van der Waals surface area contributed by atoms with Gasteiger partial charge in [-0.3, -0.25) is 14.4 Å². The Morgan fingerprint density at radius 3 is 2.36 bits per heavy atom. The second-order valence-corrected chi connectivity index (χ2v) is 4.92. The first-order chi connectivity index (χ1) is 10.5. The van der Waals surface area contributed by atoms with Crippen molar-refractivity contribution in [2.45, 2.75) is 11.8 Å². The van der Waals surface area contributed by atoms with Crippen LogP contribution in [0.5, 0.6) is 0 Å². The number of carbonyl (C=O) groups excluding carboxylic acids is 3. The fraction of sp³-hybridized carbons (Fsp3) is 0.400. The highest BCUT2D eigenvalue weighted by Gasteiger charge is 2.58. The van der Waals surface area contributed by atoms with Crippen LogP contribution in [0.1, 0.15) is 12.0 Å². The number of esters is 2. The normalized spacial score (nSPS) is 19.5. The van der Waals surface area contributed by atoms with Crippen molar-refractivity contribution in [3.8, 4) is 0 Å². The molecule has 0 saturated carbocycles. The third-order valence-electron chi connectivity index (χ3n) is 3.93. The molecule has 0 spiro atoms. The lowest BCUT2D eigenvalue weighted by Gasteiger charge is -2.31. The Hall–Kier alpha value is -2.41. The molecule has 1 aromatic rings. The SMILES string of the molecule is COC(=O)C(C(=O)OC)[C@@]1(CCO)C(=O)Nc2ccccc21. The number of nitrogens with one attached hydrogen (secondary N) is 1. The molecule has 0 aliphatic carbocycles. The minimum atomic E-state index is -1.55. The molecule has 118 valence electrons. The molecule has 0 bridgehead atoms. The van der Waals surface area contributed by atoms with E-state index in [2.05, 4.69) is 14.8 Å². The molecule has 0 unspecified atom stereocenters. The predicted octanol–water partition coefficient (Wildman–Crippen LogP) is 0.221. The lowest BCUT2D eigenvalue weighted by atomic mass is 9.68. The summed E-state index contributed by atoms with van der Waals surface area (Å²) in [7, 11) is 2.26. The Morgan fingerprint density at radius 2 is 1.82 bits per heavy atom. The molecule has 0 fully saturated rings. The Morgan fingerprint density at radius 1 is 1.23 bits per heavy atom. The van der Waals surface area contributed by atoms with Crippen molar-refractivity contribution >= 4 is 23.5 Å². The maximum atomic E-state index is 12.6. The zero-order chi connectivity index (χ0) is 16.3. The van der Waals surface area contributed by atoms with Gasteiger partial charge in [0.05, 0.1) is 14.2 Å². The number of anilines is 1. The summed E-state index contributed by atoms with van der Waals surface area (Å²) < 4.78 is 9.36. The van der Waals surface area contributed by atoms with Crippen LogP contribution in [0.25, 0.3) is 0 Å². The fourth-order valence-corrected chi connectivity index (χ4v) is 2.93. The van der Waals surface area contributed by atoms with Crippen molar-refractivity contribution < 1.29 is 29.0 Å². The van der Waals surface area contributed by atoms with Crippen LogP contribution in [0.15, 0.2) is 24.3 Å². The van der Waals surface area contributed by atoms with E-state index in [0.29, 0.717) is 11.3 Å². The summed E-state index contributed by atoms with van der Waals surface area (Å²) in [6.07, 6.45) is -0.106. The molecular weight excluding hydrogens is 290 g/mol. The van der Waals surface area contributed by atoms with Gasteiger partial charge >= 0.3 is 11.9 Å². The molecule has 1 atom stereocenters. The minimum absolute atomic E-state index is 0.106. The van der Waals surface area contributed by atoms with E-state index in [1.54, 1.807) is 24.3 Å². The standard InChI is InChI=1S/C15H17NO6/c1-21-12(18)11(13(19)22-2)15(7-8-17)9-5-3-4-6-10(9)16-14(15)20/h3-6,11,17H,7-8H2,1-2H3,(H,16,20)/t15-/m0/s1. The van der Waals surface area contributed by atoms with Crippen LogP contribution >= 0.6 is 0 Å². The lowest BCUT2D eigenvalue weighted by Crippen LogP contribution is -2.50. The van der Waals surface area contributed by atoms with E-state index in [-0.39, 0.29) is 13.0 Å². The lowest BCUT2D eigenvalue weighted by molar-refractivity contribution is -0.165. The summed E-state index contributed by atoms with van der Waals surface area (Å²) in [6.45, 7) is -0.383. The molecule has 0 saturated heterocycles. The number of methoxy groups -OCH3 is 2. The maximum Gasteiger partial charge on any atom is 0.321 e. The van der Waals surface area contributed by atoms with E-state index in [0.717, 1.165) is 14.2 Å². The van der Waals surface area contributed by atoms with Crippen molar-refractivity contribution in [3.63, 3.8) is 0 Å². The highest BCUT2D eigenvalue weighted by atomic mass is 16.5. The van der Waals surface area contributed by atoms with Crippen LogP contribution in [-0.4, -0.2) is 43.8 Å². The molecule has 1 aliphatic heterocycles. The van der Waals surface area contributed by atoms with E-state index < -0.39 is 29.2 Å². The van der Waals surface area contributed by atoms with Gasteiger partial charge in [0.2, 0.25) is 5.91 Å². The number of amides is 1. The van der Waals surface area contributed by atoms with E-state index in [1.807, 2.05) is 0 Å². The number of aliphatic hydroxyl groups is 1. The Bertz CT molecular complexity index is 598. The molecule has 1 aromatic carbocycles. The predicted molar refractivity (Wildman–Crippen MR) is 76.0 cm³/mol. The quantitative estimate of drug-likeness (QED) is 0.596. The van der Waals surface area contributed by atoms with Crippen molar-refractivity contribution in [3.05, 3.63) is 29.8 Å². The zero-order valence-electron chi connectivity index (χ0n) is 12.3. The van der Waals surface area contributed by atoms with Crippen LogP contribution in [-0.2, 0) is 29.3 Å². The second kappa shape index (κ2) is 6.15. The number of hydrogen-bond donors (Lipinski definition) is 2. The van der Waals surface area contributed by atoms with Gasteiger partial charge in [0.1, 0.15) is 5.41 Å². The Labute approximate surface area is 127 Å². The summed E-state index contributed by atoms with van der Waals surface area (Å²) in [5.41, 5.74) is -0.584. The zero-order valence-corrected chi connectivity index (χ0v) is 12.3. The van der Waals surface area contributed by atoms with Crippen LogP contribution in [0.3, 0.4) is 0 Å². The van der Waals surface area contributed by atoms with Crippen molar-refractivity contribution in [2.24, 2.45) is 5.92 Å². The smallest absolute Gasteiger partial charge is 0.321 e. The first-order valence-electron chi connectivity index (χ1n) is 6.70. The van der Waals surface area contributed by atoms with E-state index in [9.17, 15) is 19.5 Å². The molecule has 0 aromatic heterocycles. The summed E-state index contributed by atoms with van der Waals surface area (Å²) in [6, 6.07) is 6.72. The maximum absolute atomic E-state index is 12.6. The molecule has 22 heavy (non-hydrogen) atoms. The average molecular weight is 307 g/mol. The van der Waals surface area contributed by atoms with Gasteiger partial charge in [-0.25, -0.2) is 0 Å². The molecule has 1 heterocycles. The molecule has 2 rings (SSSR count). The summed E-state index contributed by atoms with van der Waals surface area (Å²) in [5, 5.41) is 12.1. The third kappa shape index (κ3) is 2.23. The van der Waals surface area contributed by atoms with Crippen molar-refractivity contribution in [1.29, 1.82) is 0 Å². The minimum Gasteiger partial charge on any atom is -0.468 e. The summed E-state index contributed by atoms with van der Waals surface area (Å²) in [4.78, 5) is 36.9. The highest BCUT2D eigenvalue weighted by molar-refractivity contribution is 6.13. The summed E-state index contributed by atoms with van der Waals surface area (Å²) in [5.74, 6) is -3.79. The number of ether oxygens (including phenoxy) is 2. The molecular formula is C15H17NO6. The number of para-hydroxylation sites is 1.